The maximum Gasteiger partial charge on any atom is 0.298 e. The molecule has 0 atom stereocenters. The number of anilines is 1. The molecule has 4 nitrogen and oxygen atoms in total. The Morgan fingerprint density at radius 2 is 1.82 bits per heavy atom. The summed E-state index contributed by atoms with van der Waals surface area (Å²) in [7, 11) is 0. The molecule has 1 aliphatic heterocycles. The minimum Gasteiger partial charge on any atom is -0.351 e. The van der Waals surface area contributed by atoms with E-state index in [4.69, 9.17) is 0 Å². The number of thioether (sulfide) groups is 1. The van der Waals surface area contributed by atoms with E-state index in [-0.39, 0.29) is 11.1 Å². The number of hydrogen-bond donors (Lipinski definition) is 0. The summed E-state index contributed by atoms with van der Waals surface area (Å²) in [6.45, 7) is 4.18. The van der Waals surface area contributed by atoms with Crippen molar-refractivity contribution in [3.63, 3.8) is 0 Å². The quantitative estimate of drug-likeness (QED) is 0.793. The Morgan fingerprint density at radius 3 is 2.45 bits per heavy atom. The molecule has 1 saturated heterocycles. The van der Waals surface area contributed by atoms with Gasteiger partial charge in [-0.1, -0.05) is 18.2 Å². The second-order valence-electron chi connectivity index (χ2n) is 5.34. The summed E-state index contributed by atoms with van der Waals surface area (Å²) in [5, 5.41) is -0.259. The number of rotatable bonds is 3. The Balaban J connectivity index is 1.88. The largest absolute Gasteiger partial charge is 0.351 e. The summed E-state index contributed by atoms with van der Waals surface area (Å²) in [6, 6.07) is 11.3. The lowest BCUT2D eigenvalue weighted by molar-refractivity contribution is -0.113. The van der Waals surface area contributed by atoms with Crippen LogP contribution in [0, 0.1) is 0 Å². The van der Waals surface area contributed by atoms with Crippen LogP contribution in [0.4, 0.5) is 10.5 Å². The molecule has 0 spiro atoms. The molecule has 22 heavy (non-hydrogen) atoms. The number of carbonyl (C=O) groups is 2. The van der Waals surface area contributed by atoms with Crippen molar-refractivity contribution < 1.29 is 9.59 Å². The highest BCUT2D eigenvalue weighted by Crippen LogP contribution is 2.35. The average Bonchev–Trinajstić information content (AvgIpc) is 3.06. The molecule has 2 heterocycles. The van der Waals surface area contributed by atoms with E-state index in [2.05, 4.69) is 18.4 Å². The van der Waals surface area contributed by atoms with Gasteiger partial charge in [-0.2, -0.15) is 0 Å². The standard InChI is InChI=1S/C17H16N2O2S/c1-12(2)18-9-8-13(11-18)10-15-16(20)19(17(21)22-15)14-6-4-3-5-7-14/h3-12H,1-2H3/b15-10+. The maximum atomic E-state index is 12.5. The lowest BCUT2D eigenvalue weighted by atomic mass is 10.2. The lowest BCUT2D eigenvalue weighted by Crippen LogP contribution is -2.27. The number of amides is 2. The third kappa shape index (κ3) is 2.72. The fourth-order valence-electron chi connectivity index (χ4n) is 2.26. The zero-order valence-corrected chi connectivity index (χ0v) is 13.2. The molecule has 112 valence electrons. The normalized spacial score (nSPS) is 17.0. The molecule has 2 aromatic rings. The van der Waals surface area contributed by atoms with E-state index in [0.717, 1.165) is 17.3 Å². The number of nitrogens with zero attached hydrogens (tertiary/aromatic N) is 2. The fourth-order valence-corrected chi connectivity index (χ4v) is 3.10. The van der Waals surface area contributed by atoms with Crippen LogP contribution in [0.25, 0.3) is 6.08 Å². The van der Waals surface area contributed by atoms with Crippen LogP contribution in [0.15, 0.2) is 53.7 Å². The molecule has 1 aromatic carbocycles. The highest BCUT2D eigenvalue weighted by molar-refractivity contribution is 8.19. The Labute approximate surface area is 133 Å². The van der Waals surface area contributed by atoms with Crippen LogP contribution < -0.4 is 4.90 Å². The highest BCUT2D eigenvalue weighted by atomic mass is 32.2. The molecule has 1 fully saturated rings. The molecule has 0 unspecified atom stereocenters. The van der Waals surface area contributed by atoms with E-state index in [1.54, 1.807) is 18.2 Å². The highest BCUT2D eigenvalue weighted by Gasteiger charge is 2.36. The van der Waals surface area contributed by atoms with Crippen molar-refractivity contribution in [2.24, 2.45) is 0 Å². The molecule has 0 N–H and O–H groups in total. The van der Waals surface area contributed by atoms with Gasteiger partial charge in [-0.15, -0.1) is 0 Å². The molecule has 0 aliphatic carbocycles. The van der Waals surface area contributed by atoms with Gasteiger partial charge in [-0.25, -0.2) is 4.90 Å². The van der Waals surface area contributed by atoms with Crippen LogP contribution in [0.3, 0.4) is 0 Å². The Kier molecular flexibility index (Phi) is 3.90. The monoisotopic (exact) mass is 312 g/mol. The summed E-state index contributed by atoms with van der Waals surface area (Å²) in [5.41, 5.74) is 1.53. The molecule has 0 saturated carbocycles. The summed E-state index contributed by atoms with van der Waals surface area (Å²) in [6.07, 6.45) is 5.71. The second kappa shape index (κ2) is 5.85. The zero-order valence-electron chi connectivity index (χ0n) is 12.4. The molecule has 5 heteroatoms. The first-order valence-corrected chi connectivity index (χ1v) is 7.88. The van der Waals surface area contributed by atoms with Crippen LogP contribution in [0.5, 0.6) is 0 Å². The van der Waals surface area contributed by atoms with Crippen LogP contribution in [-0.4, -0.2) is 15.7 Å². The van der Waals surface area contributed by atoms with Crippen LogP contribution in [-0.2, 0) is 4.79 Å². The Bertz CT molecular complexity index is 747. The average molecular weight is 312 g/mol. The molecule has 3 rings (SSSR count). The van der Waals surface area contributed by atoms with Gasteiger partial charge in [0, 0.05) is 18.4 Å². The van der Waals surface area contributed by atoms with E-state index in [0.29, 0.717) is 16.6 Å². The third-order valence-electron chi connectivity index (χ3n) is 3.44. The number of imide groups is 1. The second-order valence-corrected chi connectivity index (χ2v) is 6.33. The SMILES string of the molecule is CC(C)n1ccc(/C=C2/SC(=O)N(c3ccccc3)C2=O)c1. The summed E-state index contributed by atoms with van der Waals surface area (Å²) < 4.78 is 2.06. The first kappa shape index (κ1) is 14.7. The summed E-state index contributed by atoms with van der Waals surface area (Å²) in [4.78, 5) is 26.3. The van der Waals surface area contributed by atoms with Crippen molar-refractivity contribution in [3.8, 4) is 0 Å². The number of para-hydroxylation sites is 1. The molecular formula is C17H16N2O2S. The predicted octanol–water partition coefficient (Wildman–Crippen LogP) is 4.31. The molecule has 0 radical (unpaired) electrons. The van der Waals surface area contributed by atoms with Crippen molar-refractivity contribution >= 4 is 34.7 Å². The van der Waals surface area contributed by atoms with E-state index in [1.165, 1.54) is 4.90 Å². The van der Waals surface area contributed by atoms with E-state index in [1.807, 2.05) is 36.7 Å². The molecule has 1 aromatic heterocycles. The van der Waals surface area contributed by atoms with Gasteiger partial charge < -0.3 is 4.57 Å². The van der Waals surface area contributed by atoms with Crippen LogP contribution in [0.1, 0.15) is 25.5 Å². The maximum absolute atomic E-state index is 12.5. The van der Waals surface area contributed by atoms with Gasteiger partial charge in [0.25, 0.3) is 11.1 Å². The smallest absolute Gasteiger partial charge is 0.298 e. The summed E-state index contributed by atoms with van der Waals surface area (Å²) in [5.74, 6) is -0.265. The van der Waals surface area contributed by atoms with Gasteiger partial charge in [0.2, 0.25) is 0 Å². The van der Waals surface area contributed by atoms with Crippen molar-refractivity contribution in [1.82, 2.24) is 4.57 Å². The number of benzene rings is 1. The van der Waals surface area contributed by atoms with E-state index in [9.17, 15) is 9.59 Å². The minimum atomic E-state index is -0.265. The van der Waals surface area contributed by atoms with Gasteiger partial charge in [-0.05, 0) is 55.4 Å². The Hall–Kier alpha value is -2.27. The molecule has 2 amide bonds. The minimum absolute atomic E-state index is 0.259. The van der Waals surface area contributed by atoms with E-state index < -0.39 is 0 Å². The number of carbonyl (C=O) groups excluding carboxylic acids is 2. The van der Waals surface area contributed by atoms with Crippen molar-refractivity contribution in [1.29, 1.82) is 0 Å². The first-order chi connectivity index (χ1) is 10.6. The van der Waals surface area contributed by atoms with E-state index >= 15 is 0 Å². The predicted molar refractivity (Wildman–Crippen MR) is 89.7 cm³/mol. The topological polar surface area (TPSA) is 42.3 Å². The van der Waals surface area contributed by atoms with Crippen molar-refractivity contribution in [3.05, 3.63) is 59.3 Å². The first-order valence-electron chi connectivity index (χ1n) is 7.07. The van der Waals surface area contributed by atoms with Gasteiger partial charge >= 0.3 is 0 Å². The van der Waals surface area contributed by atoms with Crippen LogP contribution in [0.2, 0.25) is 0 Å². The van der Waals surface area contributed by atoms with Gasteiger partial charge in [0.15, 0.2) is 0 Å². The lowest BCUT2D eigenvalue weighted by Gasteiger charge is -2.11. The third-order valence-corrected chi connectivity index (χ3v) is 4.31. The number of hydrogen-bond acceptors (Lipinski definition) is 3. The molecule has 0 bridgehead atoms. The molecule has 1 aliphatic rings. The molecular weight excluding hydrogens is 296 g/mol. The fraction of sp³-hybridized carbons (Fsp3) is 0.176. The zero-order chi connectivity index (χ0) is 15.7. The van der Waals surface area contributed by atoms with Crippen molar-refractivity contribution in [2.45, 2.75) is 19.9 Å². The van der Waals surface area contributed by atoms with Crippen molar-refractivity contribution in [2.75, 3.05) is 4.90 Å². The number of aromatic nitrogens is 1. The summed E-state index contributed by atoms with van der Waals surface area (Å²) >= 11 is 0.978. The van der Waals surface area contributed by atoms with Gasteiger partial charge in [-0.3, -0.25) is 9.59 Å². The Morgan fingerprint density at radius 1 is 1.09 bits per heavy atom. The van der Waals surface area contributed by atoms with Crippen LogP contribution >= 0.6 is 11.8 Å². The van der Waals surface area contributed by atoms with Gasteiger partial charge in [0.1, 0.15) is 0 Å². The van der Waals surface area contributed by atoms with Gasteiger partial charge in [0.05, 0.1) is 10.6 Å².